The van der Waals surface area contributed by atoms with Crippen molar-refractivity contribution in [3.63, 3.8) is 0 Å². The Balaban J connectivity index is 1.55. The number of aliphatic imine (C=N–C) groups is 1. The zero-order valence-electron chi connectivity index (χ0n) is 13.0. The van der Waals surface area contributed by atoms with Gasteiger partial charge in [-0.3, -0.25) is 4.79 Å². The monoisotopic (exact) mass is 292 g/mol. The summed E-state index contributed by atoms with van der Waals surface area (Å²) in [6.45, 7) is 3.50. The second-order valence-corrected chi connectivity index (χ2v) is 6.69. The van der Waals surface area contributed by atoms with Crippen molar-refractivity contribution in [2.45, 2.75) is 50.7 Å². The maximum atomic E-state index is 12.7. The number of amides is 1. The maximum Gasteiger partial charge on any atom is 0.274 e. The molecule has 2 atom stereocenters. The SMILES string of the molecule is CN1CCN(C(=O)C2N=[C]OC2CC2CCCCC2)CC1. The fraction of sp³-hybridized carbons (Fsp3) is 0.875. The molecular weight excluding hydrogens is 266 g/mol. The van der Waals surface area contributed by atoms with Crippen LogP contribution in [0.1, 0.15) is 38.5 Å². The van der Waals surface area contributed by atoms with Gasteiger partial charge in [-0.05, 0) is 19.4 Å². The van der Waals surface area contributed by atoms with Crippen LogP contribution in [0.4, 0.5) is 0 Å². The van der Waals surface area contributed by atoms with E-state index in [1.165, 1.54) is 32.1 Å². The Morgan fingerprint density at radius 2 is 1.90 bits per heavy atom. The second-order valence-electron chi connectivity index (χ2n) is 6.69. The largest absolute Gasteiger partial charge is 0.468 e. The molecule has 1 saturated carbocycles. The van der Waals surface area contributed by atoms with Gasteiger partial charge >= 0.3 is 0 Å². The first-order valence-corrected chi connectivity index (χ1v) is 8.32. The van der Waals surface area contributed by atoms with Gasteiger partial charge in [0.2, 0.25) is 0 Å². The van der Waals surface area contributed by atoms with Gasteiger partial charge in [0.25, 0.3) is 12.3 Å². The number of hydrogen-bond acceptors (Lipinski definition) is 4. The summed E-state index contributed by atoms with van der Waals surface area (Å²) in [5, 5.41) is 0. The lowest BCUT2D eigenvalue weighted by Crippen LogP contribution is -2.51. The van der Waals surface area contributed by atoms with E-state index in [2.05, 4.69) is 23.3 Å². The van der Waals surface area contributed by atoms with Crippen LogP contribution in [0.15, 0.2) is 4.99 Å². The lowest BCUT2D eigenvalue weighted by atomic mass is 9.84. The van der Waals surface area contributed by atoms with Crippen LogP contribution in [0.5, 0.6) is 0 Å². The summed E-state index contributed by atoms with van der Waals surface area (Å²) in [5.74, 6) is 0.829. The summed E-state index contributed by atoms with van der Waals surface area (Å²) < 4.78 is 5.53. The van der Waals surface area contributed by atoms with Crippen LogP contribution in [0.2, 0.25) is 0 Å². The number of hydrogen-bond donors (Lipinski definition) is 0. The van der Waals surface area contributed by atoms with Crippen molar-refractivity contribution in [3.05, 3.63) is 0 Å². The molecule has 2 heterocycles. The van der Waals surface area contributed by atoms with E-state index >= 15 is 0 Å². The van der Waals surface area contributed by atoms with Crippen LogP contribution >= 0.6 is 0 Å². The highest BCUT2D eigenvalue weighted by Crippen LogP contribution is 2.30. The first-order valence-electron chi connectivity index (χ1n) is 8.32. The number of rotatable bonds is 3. The Kier molecular flexibility index (Phi) is 4.78. The Morgan fingerprint density at radius 3 is 2.62 bits per heavy atom. The molecule has 1 saturated heterocycles. The number of ether oxygens (including phenoxy) is 1. The van der Waals surface area contributed by atoms with Crippen LogP contribution in [0, 0.1) is 5.92 Å². The minimum Gasteiger partial charge on any atom is -0.468 e. The highest BCUT2D eigenvalue weighted by molar-refractivity contribution is 5.85. The van der Waals surface area contributed by atoms with Crippen molar-refractivity contribution in [2.75, 3.05) is 33.2 Å². The number of carbonyl (C=O) groups excluding carboxylic acids is 1. The smallest absolute Gasteiger partial charge is 0.274 e. The average Bonchev–Trinajstić information content (AvgIpc) is 2.96. The predicted octanol–water partition coefficient (Wildman–Crippen LogP) is 1.40. The lowest BCUT2D eigenvalue weighted by Gasteiger charge is -2.34. The van der Waals surface area contributed by atoms with Gasteiger partial charge < -0.3 is 14.5 Å². The van der Waals surface area contributed by atoms with Gasteiger partial charge in [0.05, 0.1) is 0 Å². The number of nitrogens with zero attached hydrogens (tertiary/aromatic N) is 3. The molecule has 3 aliphatic rings. The topological polar surface area (TPSA) is 45.1 Å². The van der Waals surface area contributed by atoms with E-state index in [0.717, 1.165) is 32.6 Å². The van der Waals surface area contributed by atoms with Crippen molar-refractivity contribution in [2.24, 2.45) is 10.9 Å². The zero-order chi connectivity index (χ0) is 14.7. The molecule has 2 fully saturated rings. The van der Waals surface area contributed by atoms with Crippen LogP contribution in [-0.2, 0) is 9.53 Å². The van der Waals surface area contributed by atoms with Crippen molar-refractivity contribution in [3.8, 4) is 0 Å². The van der Waals surface area contributed by atoms with E-state index in [-0.39, 0.29) is 18.1 Å². The minimum atomic E-state index is -0.352. The van der Waals surface area contributed by atoms with Gasteiger partial charge in [-0.1, -0.05) is 32.1 Å². The summed E-state index contributed by atoms with van der Waals surface area (Å²) in [7, 11) is 2.10. The third-order valence-corrected chi connectivity index (χ3v) is 5.11. The molecule has 0 bridgehead atoms. The molecule has 0 N–H and O–H groups in total. The van der Waals surface area contributed by atoms with Gasteiger partial charge in [0, 0.05) is 26.2 Å². The van der Waals surface area contributed by atoms with Crippen molar-refractivity contribution in [1.29, 1.82) is 0 Å². The fourth-order valence-electron chi connectivity index (χ4n) is 3.66. The normalized spacial score (nSPS) is 31.4. The molecule has 2 unspecified atom stereocenters. The lowest BCUT2D eigenvalue weighted by molar-refractivity contribution is -0.135. The summed E-state index contributed by atoms with van der Waals surface area (Å²) >= 11 is 0. The number of likely N-dealkylation sites (N-methyl/N-ethyl adjacent to an activating group) is 1. The van der Waals surface area contributed by atoms with Gasteiger partial charge in [0.15, 0.2) is 6.04 Å². The van der Waals surface area contributed by atoms with Gasteiger partial charge in [-0.15, -0.1) is 0 Å². The summed E-state index contributed by atoms with van der Waals surface area (Å²) in [6, 6.07) is -0.352. The molecule has 0 spiro atoms. The Hall–Kier alpha value is -1.10. The molecule has 1 radical (unpaired) electrons. The van der Waals surface area contributed by atoms with E-state index in [9.17, 15) is 4.79 Å². The van der Waals surface area contributed by atoms with Gasteiger partial charge in [0.1, 0.15) is 6.10 Å². The highest BCUT2D eigenvalue weighted by atomic mass is 16.5. The highest BCUT2D eigenvalue weighted by Gasteiger charge is 2.38. The van der Waals surface area contributed by atoms with E-state index in [1.54, 1.807) is 0 Å². The third-order valence-electron chi connectivity index (χ3n) is 5.11. The predicted molar refractivity (Wildman–Crippen MR) is 81.4 cm³/mol. The van der Waals surface area contributed by atoms with E-state index in [4.69, 9.17) is 4.74 Å². The van der Waals surface area contributed by atoms with Crippen LogP contribution < -0.4 is 0 Å². The minimum absolute atomic E-state index is 0.0831. The van der Waals surface area contributed by atoms with Crippen molar-refractivity contribution >= 4 is 12.3 Å². The molecule has 5 nitrogen and oxygen atoms in total. The summed E-state index contributed by atoms with van der Waals surface area (Å²) in [5.41, 5.74) is 0. The first kappa shape index (κ1) is 14.8. The quantitative estimate of drug-likeness (QED) is 0.790. The molecule has 1 aliphatic carbocycles. The van der Waals surface area contributed by atoms with Crippen LogP contribution in [-0.4, -0.2) is 67.5 Å². The molecule has 117 valence electrons. The summed E-state index contributed by atoms with van der Waals surface area (Å²) in [4.78, 5) is 21.0. The molecule has 0 aromatic heterocycles. The van der Waals surface area contributed by atoms with E-state index in [0.29, 0.717) is 5.92 Å². The van der Waals surface area contributed by atoms with Crippen LogP contribution in [0.25, 0.3) is 0 Å². The molecule has 1 amide bonds. The Morgan fingerprint density at radius 1 is 1.19 bits per heavy atom. The standard InChI is InChI=1S/C16H26N3O2/c1-18-7-9-19(10-8-18)16(20)15-14(21-12-17-15)11-13-5-3-2-4-6-13/h13-15H,2-11H2,1H3. The molecule has 0 aromatic carbocycles. The fourth-order valence-corrected chi connectivity index (χ4v) is 3.66. The Labute approximate surface area is 127 Å². The second kappa shape index (κ2) is 6.77. The van der Waals surface area contributed by atoms with Gasteiger partial charge in [-0.25, -0.2) is 4.99 Å². The molecule has 21 heavy (non-hydrogen) atoms. The Bertz CT molecular complexity index is 385. The summed E-state index contributed by atoms with van der Waals surface area (Å²) in [6.07, 6.45) is 10.0. The average molecular weight is 292 g/mol. The van der Waals surface area contributed by atoms with Crippen LogP contribution in [0.3, 0.4) is 0 Å². The number of carbonyl (C=O) groups is 1. The molecular formula is C16H26N3O2. The van der Waals surface area contributed by atoms with E-state index in [1.807, 2.05) is 4.90 Å². The molecule has 2 aliphatic heterocycles. The third kappa shape index (κ3) is 3.57. The molecule has 3 rings (SSSR count). The molecule has 5 heteroatoms. The van der Waals surface area contributed by atoms with Crippen molar-refractivity contribution < 1.29 is 9.53 Å². The molecule has 0 aromatic rings. The number of piperazine rings is 1. The van der Waals surface area contributed by atoms with E-state index < -0.39 is 0 Å². The zero-order valence-corrected chi connectivity index (χ0v) is 13.0. The van der Waals surface area contributed by atoms with Crippen molar-refractivity contribution in [1.82, 2.24) is 9.80 Å². The first-order chi connectivity index (χ1) is 10.2. The maximum absolute atomic E-state index is 12.7. The van der Waals surface area contributed by atoms with Gasteiger partial charge in [-0.2, -0.15) is 0 Å².